The summed E-state index contributed by atoms with van der Waals surface area (Å²) in [5.74, 6) is -0.254. The van der Waals surface area contributed by atoms with Gasteiger partial charge in [0.15, 0.2) is 5.82 Å². The molecular formula is C22H18FN5O. The van der Waals surface area contributed by atoms with Crippen molar-refractivity contribution < 1.29 is 9.18 Å². The fraction of sp³-hybridized carbons (Fsp3) is 0.136. The number of carbonyl (C=O) groups excluding carboxylic acids is 1. The second-order valence-corrected chi connectivity index (χ2v) is 6.87. The molecule has 29 heavy (non-hydrogen) atoms. The van der Waals surface area contributed by atoms with Gasteiger partial charge in [-0.1, -0.05) is 12.1 Å². The van der Waals surface area contributed by atoms with Gasteiger partial charge < -0.3 is 9.88 Å². The van der Waals surface area contributed by atoms with Crippen molar-refractivity contribution in [2.24, 2.45) is 7.05 Å². The van der Waals surface area contributed by atoms with E-state index < -0.39 is 5.82 Å². The number of rotatable bonds is 5. The summed E-state index contributed by atoms with van der Waals surface area (Å²) in [5.41, 5.74) is 2.79. The minimum atomic E-state index is -0.543. The quantitative estimate of drug-likeness (QED) is 0.568. The summed E-state index contributed by atoms with van der Waals surface area (Å²) in [6.07, 6.45) is 3.96. The maximum atomic E-state index is 13.4. The molecule has 6 nitrogen and oxygen atoms in total. The molecule has 0 radical (unpaired) electrons. The lowest BCUT2D eigenvalue weighted by Crippen LogP contribution is -2.15. The molecule has 0 aliphatic rings. The summed E-state index contributed by atoms with van der Waals surface area (Å²) in [6, 6.07) is 15.9. The maximum absolute atomic E-state index is 13.4. The third-order valence-corrected chi connectivity index (χ3v) is 4.72. The van der Waals surface area contributed by atoms with Gasteiger partial charge in [0.25, 0.3) is 0 Å². The van der Waals surface area contributed by atoms with E-state index in [2.05, 4.69) is 10.4 Å². The van der Waals surface area contributed by atoms with E-state index in [9.17, 15) is 9.18 Å². The van der Waals surface area contributed by atoms with Gasteiger partial charge in [0, 0.05) is 31.0 Å². The van der Waals surface area contributed by atoms with Crippen molar-refractivity contribution in [3.8, 4) is 6.07 Å². The molecule has 0 bridgehead atoms. The summed E-state index contributed by atoms with van der Waals surface area (Å²) in [5, 5.41) is 17.1. The summed E-state index contributed by atoms with van der Waals surface area (Å²) < 4.78 is 17.1. The van der Waals surface area contributed by atoms with Crippen LogP contribution in [0.3, 0.4) is 0 Å². The number of carbonyl (C=O) groups is 1. The number of aryl methyl sites for hydroxylation is 1. The number of anilines is 1. The summed E-state index contributed by atoms with van der Waals surface area (Å²) in [6.45, 7) is 0.371. The van der Waals surface area contributed by atoms with E-state index in [0.717, 1.165) is 22.0 Å². The van der Waals surface area contributed by atoms with Crippen molar-refractivity contribution in [1.82, 2.24) is 14.3 Å². The Morgan fingerprint density at radius 1 is 1.14 bits per heavy atom. The predicted molar refractivity (Wildman–Crippen MR) is 108 cm³/mol. The molecule has 0 unspecified atom stereocenters. The SMILES string of the molecule is Cn1ccc2cc(CC(=O)Nc3ccn(Cc4ccc(F)c(C#N)c4)n3)ccc21. The summed E-state index contributed by atoms with van der Waals surface area (Å²) in [7, 11) is 1.98. The number of nitrogens with one attached hydrogen (secondary N) is 1. The second kappa shape index (κ2) is 7.60. The number of fused-ring (bicyclic) bond motifs is 1. The van der Waals surface area contributed by atoms with Crippen LogP contribution in [0.1, 0.15) is 16.7 Å². The Hall–Kier alpha value is -3.92. The molecule has 4 aromatic rings. The molecule has 4 rings (SSSR count). The van der Waals surface area contributed by atoms with Gasteiger partial charge in [-0.3, -0.25) is 9.48 Å². The van der Waals surface area contributed by atoms with Crippen molar-refractivity contribution in [2.75, 3.05) is 5.32 Å². The molecule has 0 saturated heterocycles. The van der Waals surface area contributed by atoms with E-state index in [1.165, 1.54) is 12.1 Å². The zero-order valence-corrected chi connectivity index (χ0v) is 15.8. The third-order valence-electron chi connectivity index (χ3n) is 4.72. The molecule has 0 spiro atoms. The van der Waals surface area contributed by atoms with E-state index in [0.29, 0.717) is 12.4 Å². The van der Waals surface area contributed by atoms with E-state index in [4.69, 9.17) is 5.26 Å². The molecule has 1 amide bonds. The van der Waals surface area contributed by atoms with Crippen LogP contribution in [0.25, 0.3) is 10.9 Å². The molecule has 2 aromatic carbocycles. The molecule has 0 aliphatic carbocycles. The molecule has 0 fully saturated rings. The Morgan fingerprint density at radius 3 is 2.79 bits per heavy atom. The minimum absolute atomic E-state index is 0.00133. The average Bonchev–Trinajstić information content (AvgIpc) is 3.29. The van der Waals surface area contributed by atoms with Crippen LogP contribution in [0.2, 0.25) is 0 Å². The highest BCUT2D eigenvalue weighted by Crippen LogP contribution is 2.17. The van der Waals surface area contributed by atoms with Crippen molar-refractivity contribution in [3.63, 3.8) is 0 Å². The van der Waals surface area contributed by atoms with Gasteiger partial charge in [-0.25, -0.2) is 4.39 Å². The van der Waals surface area contributed by atoms with E-state index in [1.54, 1.807) is 23.0 Å². The van der Waals surface area contributed by atoms with Gasteiger partial charge in [-0.2, -0.15) is 10.4 Å². The highest BCUT2D eigenvalue weighted by molar-refractivity contribution is 5.92. The summed E-state index contributed by atoms with van der Waals surface area (Å²) >= 11 is 0. The zero-order chi connectivity index (χ0) is 20.4. The first-order valence-corrected chi connectivity index (χ1v) is 9.07. The van der Waals surface area contributed by atoms with Crippen LogP contribution in [0.15, 0.2) is 60.9 Å². The first-order chi connectivity index (χ1) is 14.0. The number of amides is 1. The van der Waals surface area contributed by atoms with Crippen LogP contribution in [0.5, 0.6) is 0 Å². The monoisotopic (exact) mass is 387 g/mol. The molecule has 1 N–H and O–H groups in total. The highest BCUT2D eigenvalue weighted by Gasteiger charge is 2.09. The van der Waals surface area contributed by atoms with Crippen molar-refractivity contribution >= 4 is 22.6 Å². The average molecular weight is 387 g/mol. The number of hydrogen-bond donors (Lipinski definition) is 1. The number of nitrogens with zero attached hydrogens (tertiary/aromatic N) is 4. The number of halogens is 1. The number of hydrogen-bond acceptors (Lipinski definition) is 3. The largest absolute Gasteiger partial charge is 0.351 e. The molecule has 0 aliphatic heterocycles. The minimum Gasteiger partial charge on any atom is -0.351 e. The normalized spacial score (nSPS) is 10.8. The van der Waals surface area contributed by atoms with Gasteiger partial charge in [0.2, 0.25) is 5.91 Å². The van der Waals surface area contributed by atoms with Crippen LogP contribution < -0.4 is 5.32 Å². The Kier molecular flexibility index (Phi) is 4.83. The van der Waals surface area contributed by atoms with Gasteiger partial charge in [0.1, 0.15) is 11.9 Å². The Morgan fingerprint density at radius 2 is 1.97 bits per heavy atom. The number of aromatic nitrogens is 3. The van der Waals surface area contributed by atoms with E-state index >= 15 is 0 Å². The van der Waals surface area contributed by atoms with Gasteiger partial charge in [0.05, 0.1) is 18.5 Å². The second-order valence-electron chi connectivity index (χ2n) is 6.87. The smallest absolute Gasteiger partial charge is 0.229 e. The molecule has 2 heterocycles. The van der Waals surface area contributed by atoms with Crippen LogP contribution in [0.4, 0.5) is 10.2 Å². The van der Waals surface area contributed by atoms with Crippen LogP contribution in [-0.4, -0.2) is 20.3 Å². The Bertz CT molecular complexity index is 1250. The molecule has 0 atom stereocenters. The molecular weight excluding hydrogens is 369 g/mol. The standard InChI is InChI=1S/C22H18FN5O/c1-27-8-6-17-10-15(3-5-20(17)27)12-22(29)25-21-7-9-28(26-21)14-16-2-4-19(23)18(11-16)13-24/h2-11H,12,14H2,1H3,(H,25,26,29). The Labute approximate surface area is 166 Å². The fourth-order valence-corrected chi connectivity index (χ4v) is 3.27. The lowest BCUT2D eigenvalue weighted by atomic mass is 10.1. The zero-order valence-electron chi connectivity index (χ0n) is 15.8. The highest BCUT2D eigenvalue weighted by atomic mass is 19.1. The van der Waals surface area contributed by atoms with E-state index in [1.807, 2.05) is 48.1 Å². The topological polar surface area (TPSA) is 75.6 Å². The lowest BCUT2D eigenvalue weighted by Gasteiger charge is -2.05. The maximum Gasteiger partial charge on any atom is 0.229 e. The molecule has 2 aromatic heterocycles. The fourth-order valence-electron chi connectivity index (χ4n) is 3.27. The molecule has 7 heteroatoms. The van der Waals surface area contributed by atoms with Gasteiger partial charge >= 0.3 is 0 Å². The van der Waals surface area contributed by atoms with Crippen LogP contribution >= 0.6 is 0 Å². The van der Waals surface area contributed by atoms with Crippen molar-refractivity contribution in [3.05, 3.63) is 83.4 Å². The van der Waals surface area contributed by atoms with Crippen molar-refractivity contribution in [1.29, 1.82) is 5.26 Å². The third kappa shape index (κ3) is 4.01. The Balaban J connectivity index is 1.40. The summed E-state index contributed by atoms with van der Waals surface area (Å²) in [4.78, 5) is 12.4. The molecule has 0 saturated carbocycles. The first-order valence-electron chi connectivity index (χ1n) is 9.07. The van der Waals surface area contributed by atoms with Crippen LogP contribution in [0, 0.1) is 17.1 Å². The first kappa shape index (κ1) is 18.4. The number of benzene rings is 2. The van der Waals surface area contributed by atoms with Crippen molar-refractivity contribution in [2.45, 2.75) is 13.0 Å². The number of nitriles is 1. The lowest BCUT2D eigenvalue weighted by molar-refractivity contribution is -0.115. The van der Waals surface area contributed by atoms with Gasteiger partial charge in [-0.05, 0) is 46.8 Å². The van der Waals surface area contributed by atoms with Gasteiger partial charge in [-0.15, -0.1) is 0 Å². The predicted octanol–water partition coefficient (Wildman–Crippen LogP) is 3.62. The molecule has 144 valence electrons. The van der Waals surface area contributed by atoms with Crippen LogP contribution in [-0.2, 0) is 24.8 Å². The van der Waals surface area contributed by atoms with E-state index in [-0.39, 0.29) is 17.9 Å².